The van der Waals surface area contributed by atoms with Crippen molar-refractivity contribution in [1.82, 2.24) is 10.2 Å². The average molecular weight is 425 g/mol. The van der Waals surface area contributed by atoms with Crippen molar-refractivity contribution in [1.29, 1.82) is 0 Å². The number of carbonyl (C=O) groups excluding carboxylic acids is 2. The van der Waals surface area contributed by atoms with Crippen molar-refractivity contribution in [2.45, 2.75) is 45.1 Å². The summed E-state index contributed by atoms with van der Waals surface area (Å²) in [6.45, 7) is 4.99. The topological polar surface area (TPSA) is 49.4 Å². The highest BCUT2D eigenvalue weighted by molar-refractivity contribution is 6.31. The maximum atomic E-state index is 13.4. The van der Waals surface area contributed by atoms with Crippen LogP contribution >= 0.6 is 11.6 Å². The van der Waals surface area contributed by atoms with Crippen LogP contribution in [-0.4, -0.2) is 22.3 Å². The molecular weight excluding hydrogens is 405 g/mol. The largest absolute Gasteiger partial charge is 0.416 e. The van der Waals surface area contributed by atoms with Gasteiger partial charge in [-0.3, -0.25) is 9.59 Å². The smallest absolute Gasteiger partial charge is 0.349 e. The molecule has 0 saturated carbocycles. The summed E-state index contributed by atoms with van der Waals surface area (Å²) < 4.78 is 40.2. The third-order valence-corrected chi connectivity index (χ3v) is 4.76. The van der Waals surface area contributed by atoms with E-state index in [1.54, 1.807) is 20.8 Å². The summed E-state index contributed by atoms with van der Waals surface area (Å²) in [6, 6.07) is 8.48. The van der Waals surface area contributed by atoms with E-state index in [4.69, 9.17) is 11.6 Å². The fraction of sp³-hybridized carbons (Fsp3) is 0.333. The molecule has 1 N–H and O–H groups in total. The molecular formula is C21H20ClF3N2O2. The van der Waals surface area contributed by atoms with Crippen LogP contribution in [0.1, 0.15) is 53.9 Å². The Morgan fingerprint density at radius 3 is 2.41 bits per heavy atom. The molecule has 0 fully saturated rings. The Balaban J connectivity index is 2.05. The van der Waals surface area contributed by atoms with E-state index >= 15 is 0 Å². The molecule has 2 amide bonds. The van der Waals surface area contributed by atoms with Crippen LogP contribution in [0.4, 0.5) is 13.2 Å². The Morgan fingerprint density at radius 1 is 1.14 bits per heavy atom. The molecule has 3 rings (SSSR count). The highest BCUT2D eigenvalue weighted by Gasteiger charge is 2.43. The molecule has 2 aromatic carbocycles. The van der Waals surface area contributed by atoms with Crippen molar-refractivity contribution < 1.29 is 22.8 Å². The van der Waals surface area contributed by atoms with Crippen LogP contribution in [0.2, 0.25) is 5.02 Å². The van der Waals surface area contributed by atoms with E-state index in [0.717, 1.165) is 11.0 Å². The zero-order valence-corrected chi connectivity index (χ0v) is 16.9. The number of hydrogen-bond acceptors (Lipinski definition) is 2. The SMILES string of the molecule is CC(C)(C)NC(=O)C1c2cc(Cl)ccc2C(=O)N1Cc1ccccc1C(F)(F)F. The zero-order chi connectivity index (χ0) is 21.6. The highest BCUT2D eigenvalue weighted by atomic mass is 35.5. The van der Waals surface area contributed by atoms with Gasteiger partial charge in [-0.15, -0.1) is 0 Å². The average Bonchev–Trinajstić information content (AvgIpc) is 2.84. The van der Waals surface area contributed by atoms with Crippen LogP contribution in [0.3, 0.4) is 0 Å². The van der Waals surface area contributed by atoms with E-state index in [0.29, 0.717) is 10.6 Å². The zero-order valence-electron chi connectivity index (χ0n) is 16.1. The number of benzene rings is 2. The second-order valence-corrected chi connectivity index (χ2v) is 8.40. The summed E-state index contributed by atoms with van der Waals surface area (Å²) in [6.07, 6.45) is -4.57. The van der Waals surface area contributed by atoms with Crippen molar-refractivity contribution in [3.63, 3.8) is 0 Å². The second-order valence-electron chi connectivity index (χ2n) is 7.96. The lowest BCUT2D eigenvalue weighted by atomic mass is 10.0. The minimum Gasteiger partial charge on any atom is -0.349 e. The van der Waals surface area contributed by atoms with Gasteiger partial charge >= 0.3 is 6.18 Å². The number of carbonyl (C=O) groups is 2. The lowest BCUT2D eigenvalue weighted by Gasteiger charge is -2.29. The first-order chi connectivity index (χ1) is 13.4. The van der Waals surface area contributed by atoms with E-state index in [1.165, 1.54) is 36.4 Å². The fourth-order valence-corrected chi connectivity index (χ4v) is 3.58. The fourth-order valence-electron chi connectivity index (χ4n) is 3.40. The van der Waals surface area contributed by atoms with Gasteiger partial charge < -0.3 is 10.2 Å². The molecule has 0 aliphatic carbocycles. The van der Waals surface area contributed by atoms with Gasteiger partial charge in [0.05, 0.1) is 5.56 Å². The van der Waals surface area contributed by atoms with Crippen molar-refractivity contribution in [2.75, 3.05) is 0 Å². The van der Waals surface area contributed by atoms with Gasteiger partial charge in [0.2, 0.25) is 5.91 Å². The Labute approximate surface area is 171 Å². The number of fused-ring (bicyclic) bond motifs is 1. The molecule has 2 aromatic rings. The molecule has 154 valence electrons. The van der Waals surface area contributed by atoms with Gasteiger partial charge in [0.1, 0.15) is 6.04 Å². The maximum Gasteiger partial charge on any atom is 0.416 e. The number of nitrogens with zero attached hydrogens (tertiary/aromatic N) is 1. The van der Waals surface area contributed by atoms with Gasteiger partial charge in [-0.1, -0.05) is 29.8 Å². The van der Waals surface area contributed by atoms with Gasteiger partial charge in [0.15, 0.2) is 0 Å². The van der Waals surface area contributed by atoms with Crippen LogP contribution in [0, 0.1) is 0 Å². The first-order valence-electron chi connectivity index (χ1n) is 8.96. The number of halogens is 4. The lowest BCUT2D eigenvalue weighted by molar-refractivity contribution is -0.138. The van der Waals surface area contributed by atoms with Crippen LogP contribution in [-0.2, 0) is 17.5 Å². The number of hydrogen-bond donors (Lipinski definition) is 1. The molecule has 1 aliphatic rings. The predicted octanol–water partition coefficient (Wildman–Crippen LogP) is 4.97. The molecule has 4 nitrogen and oxygen atoms in total. The maximum absolute atomic E-state index is 13.4. The molecule has 8 heteroatoms. The van der Waals surface area contributed by atoms with E-state index in [-0.39, 0.29) is 17.7 Å². The standard InChI is InChI=1S/C21H20ClF3N2O2/c1-20(2,3)26-18(28)17-15-10-13(22)8-9-14(15)19(29)27(17)11-12-6-4-5-7-16(12)21(23,24)25/h4-10,17H,11H2,1-3H3,(H,26,28). The Morgan fingerprint density at radius 2 is 1.79 bits per heavy atom. The monoisotopic (exact) mass is 424 g/mol. The third kappa shape index (κ3) is 4.40. The molecule has 1 atom stereocenters. The van der Waals surface area contributed by atoms with Gasteiger partial charge in [0.25, 0.3) is 5.91 Å². The molecule has 1 unspecified atom stereocenters. The Hall–Kier alpha value is -2.54. The van der Waals surface area contributed by atoms with E-state index in [9.17, 15) is 22.8 Å². The summed E-state index contributed by atoms with van der Waals surface area (Å²) in [5, 5.41) is 3.14. The molecule has 0 bridgehead atoms. The summed E-state index contributed by atoms with van der Waals surface area (Å²) in [4.78, 5) is 27.1. The molecule has 0 spiro atoms. The minimum absolute atomic E-state index is 0.0826. The lowest BCUT2D eigenvalue weighted by Crippen LogP contribution is -2.46. The van der Waals surface area contributed by atoms with Gasteiger partial charge in [-0.25, -0.2) is 0 Å². The van der Waals surface area contributed by atoms with Crippen LogP contribution in [0.5, 0.6) is 0 Å². The van der Waals surface area contributed by atoms with Gasteiger partial charge in [0, 0.05) is 22.7 Å². The molecule has 29 heavy (non-hydrogen) atoms. The number of rotatable bonds is 3. The van der Waals surface area contributed by atoms with Crippen LogP contribution in [0.15, 0.2) is 42.5 Å². The summed E-state index contributed by atoms with van der Waals surface area (Å²) in [7, 11) is 0. The summed E-state index contributed by atoms with van der Waals surface area (Å²) in [5.74, 6) is -0.987. The second kappa shape index (κ2) is 7.37. The molecule has 0 aromatic heterocycles. The number of alkyl halides is 3. The van der Waals surface area contributed by atoms with E-state index in [1.807, 2.05) is 0 Å². The quantitative estimate of drug-likeness (QED) is 0.756. The minimum atomic E-state index is -4.57. The molecule has 1 aliphatic heterocycles. The summed E-state index contributed by atoms with van der Waals surface area (Å²) in [5.41, 5.74) is -0.865. The van der Waals surface area contributed by atoms with Gasteiger partial charge in [-0.2, -0.15) is 13.2 Å². The predicted molar refractivity (Wildman–Crippen MR) is 103 cm³/mol. The first kappa shape index (κ1) is 21.2. The Bertz CT molecular complexity index is 967. The number of nitrogens with one attached hydrogen (secondary N) is 1. The molecule has 1 heterocycles. The van der Waals surface area contributed by atoms with E-state index < -0.39 is 35.1 Å². The van der Waals surface area contributed by atoms with Crippen LogP contribution < -0.4 is 5.32 Å². The normalized spacial score (nSPS) is 16.7. The molecule has 0 radical (unpaired) electrons. The van der Waals surface area contributed by atoms with Crippen LogP contribution in [0.25, 0.3) is 0 Å². The first-order valence-corrected chi connectivity index (χ1v) is 9.34. The Kier molecular flexibility index (Phi) is 5.38. The van der Waals surface area contributed by atoms with Gasteiger partial charge in [-0.05, 0) is 56.2 Å². The van der Waals surface area contributed by atoms with Crippen molar-refractivity contribution in [2.24, 2.45) is 0 Å². The number of amides is 2. The van der Waals surface area contributed by atoms with E-state index in [2.05, 4.69) is 5.32 Å². The van der Waals surface area contributed by atoms with Crippen molar-refractivity contribution >= 4 is 23.4 Å². The van der Waals surface area contributed by atoms with Crippen molar-refractivity contribution in [3.05, 3.63) is 69.7 Å². The third-order valence-electron chi connectivity index (χ3n) is 4.52. The van der Waals surface area contributed by atoms with Crippen molar-refractivity contribution in [3.8, 4) is 0 Å². The summed E-state index contributed by atoms with van der Waals surface area (Å²) >= 11 is 6.06. The highest BCUT2D eigenvalue weighted by Crippen LogP contribution is 2.39. The molecule has 0 saturated heterocycles.